The molecule has 23 heavy (non-hydrogen) atoms. The first-order chi connectivity index (χ1) is 11.2. The molecule has 0 saturated carbocycles. The SMILES string of the molecule is CN1CCCC1Cc1nc2cccnc2n1-c1ccc(O)cc1. The zero-order valence-electron chi connectivity index (χ0n) is 13.2. The molecule has 0 radical (unpaired) electrons. The van der Waals surface area contributed by atoms with Gasteiger partial charge in [-0.05, 0) is 62.8 Å². The van der Waals surface area contributed by atoms with E-state index in [1.54, 1.807) is 18.3 Å². The smallest absolute Gasteiger partial charge is 0.164 e. The van der Waals surface area contributed by atoms with Crippen molar-refractivity contribution in [3.8, 4) is 11.4 Å². The normalized spacial score (nSPS) is 18.7. The van der Waals surface area contributed by atoms with Gasteiger partial charge >= 0.3 is 0 Å². The molecule has 1 unspecified atom stereocenters. The lowest BCUT2D eigenvalue weighted by Crippen LogP contribution is -2.28. The topological polar surface area (TPSA) is 54.2 Å². The van der Waals surface area contributed by atoms with Gasteiger partial charge in [-0.25, -0.2) is 9.97 Å². The van der Waals surface area contributed by atoms with Gasteiger partial charge in [0.25, 0.3) is 0 Å². The molecule has 4 rings (SSSR count). The van der Waals surface area contributed by atoms with Crippen LogP contribution in [0, 0.1) is 0 Å². The van der Waals surface area contributed by atoms with Crippen LogP contribution in [-0.2, 0) is 6.42 Å². The van der Waals surface area contributed by atoms with Gasteiger partial charge in [-0.2, -0.15) is 0 Å². The second-order valence-corrected chi connectivity index (χ2v) is 6.21. The number of likely N-dealkylation sites (N-methyl/N-ethyl adjacent to an activating group) is 1. The molecule has 2 aromatic heterocycles. The van der Waals surface area contributed by atoms with Crippen LogP contribution in [0.25, 0.3) is 16.9 Å². The maximum atomic E-state index is 9.55. The van der Waals surface area contributed by atoms with E-state index in [-0.39, 0.29) is 5.75 Å². The quantitative estimate of drug-likeness (QED) is 0.808. The van der Waals surface area contributed by atoms with E-state index in [1.165, 1.54) is 12.8 Å². The Kier molecular flexibility index (Phi) is 3.50. The van der Waals surface area contributed by atoms with E-state index in [2.05, 4.69) is 21.5 Å². The fourth-order valence-electron chi connectivity index (χ4n) is 3.42. The van der Waals surface area contributed by atoms with Crippen LogP contribution in [0.2, 0.25) is 0 Å². The number of imidazole rings is 1. The third kappa shape index (κ3) is 2.57. The highest BCUT2D eigenvalue weighted by Crippen LogP contribution is 2.25. The fourth-order valence-corrected chi connectivity index (χ4v) is 3.42. The van der Waals surface area contributed by atoms with Gasteiger partial charge < -0.3 is 10.0 Å². The summed E-state index contributed by atoms with van der Waals surface area (Å²) in [5, 5.41) is 9.55. The highest BCUT2D eigenvalue weighted by Gasteiger charge is 2.24. The van der Waals surface area contributed by atoms with Crippen LogP contribution in [0.4, 0.5) is 0 Å². The summed E-state index contributed by atoms with van der Waals surface area (Å²) in [5.41, 5.74) is 2.77. The van der Waals surface area contributed by atoms with Gasteiger partial charge in [-0.15, -0.1) is 0 Å². The van der Waals surface area contributed by atoms with E-state index >= 15 is 0 Å². The molecule has 1 saturated heterocycles. The summed E-state index contributed by atoms with van der Waals surface area (Å²) >= 11 is 0. The third-order valence-electron chi connectivity index (χ3n) is 4.68. The summed E-state index contributed by atoms with van der Waals surface area (Å²) in [6, 6.07) is 11.7. The van der Waals surface area contributed by atoms with E-state index in [4.69, 9.17) is 4.98 Å². The minimum atomic E-state index is 0.267. The van der Waals surface area contributed by atoms with E-state index in [0.29, 0.717) is 6.04 Å². The number of benzene rings is 1. The molecule has 1 aromatic carbocycles. The first-order valence-electron chi connectivity index (χ1n) is 8.04. The number of nitrogens with zero attached hydrogens (tertiary/aromatic N) is 4. The Hall–Kier alpha value is -2.40. The molecule has 1 aliphatic heterocycles. The second kappa shape index (κ2) is 5.66. The van der Waals surface area contributed by atoms with Crippen LogP contribution in [0.15, 0.2) is 42.6 Å². The van der Waals surface area contributed by atoms with Crippen LogP contribution in [0.5, 0.6) is 5.75 Å². The number of fused-ring (bicyclic) bond motifs is 1. The van der Waals surface area contributed by atoms with Crippen molar-refractivity contribution in [3.63, 3.8) is 0 Å². The van der Waals surface area contributed by atoms with Crippen molar-refractivity contribution in [2.24, 2.45) is 0 Å². The molecule has 1 fully saturated rings. The number of pyridine rings is 1. The molecule has 5 heteroatoms. The number of rotatable bonds is 3. The number of hydrogen-bond donors (Lipinski definition) is 1. The van der Waals surface area contributed by atoms with Crippen LogP contribution in [0.3, 0.4) is 0 Å². The van der Waals surface area contributed by atoms with Gasteiger partial charge in [-0.1, -0.05) is 0 Å². The third-order valence-corrected chi connectivity index (χ3v) is 4.68. The monoisotopic (exact) mass is 308 g/mol. The first kappa shape index (κ1) is 14.2. The van der Waals surface area contributed by atoms with Crippen molar-refractivity contribution in [1.82, 2.24) is 19.4 Å². The summed E-state index contributed by atoms with van der Waals surface area (Å²) in [6.07, 6.45) is 5.17. The Bertz CT molecular complexity index is 825. The van der Waals surface area contributed by atoms with E-state index in [0.717, 1.165) is 35.6 Å². The van der Waals surface area contributed by atoms with Gasteiger partial charge in [0.2, 0.25) is 0 Å². The summed E-state index contributed by atoms with van der Waals surface area (Å²) in [5.74, 6) is 1.30. The summed E-state index contributed by atoms with van der Waals surface area (Å²) < 4.78 is 2.11. The maximum absolute atomic E-state index is 9.55. The summed E-state index contributed by atoms with van der Waals surface area (Å²) in [6.45, 7) is 1.16. The van der Waals surface area contributed by atoms with Crippen molar-refractivity contribution >= 4 is 11.2 Å². The van der Waals surface area contributed by atoms with Crippen LogP contribution < -0.4 is 0 Å². The minimum Gasteiger partial charge on any atom is -0.508 e. The van der Waals surface area contributed by atoms with Crippen molar-refractivity contribution in [1.29, 1.82) is 0 Å². The Morgan fingerprint density at radius 2 is 2.04 bits per heavy atom. The molecule has 0 spiro atoms. The van der Waals surface area contributed by atoms with Crippen LogP contribution in [0.1, 0.15) is 18.7 Å². The number of phenolic OH excluding ortho intramolecular Hbond substituents is 1. The number of likely N-dealkylation sites (tertiary alicyclic amines) is 1. The van der Waals surface area contributed by atoms with Crippen molar-refractivity contribution in [2.75, 3.05) is 13.6 Å². The van der Waals surface area contributed by atoms with Crippen molar-refractivity contribution < 1.29 is 5.11 Å². The molecule has 118 valence electrons. The molecule has 1 atom stereocenters. The van der Waals surface area contributed by atoms with Gasteiger partial charge in [0, 0.05) is 24.3 Å². The van der Waals surface area contributed by atoms with Crippen LogP contribution >= 0.6 is 0 Å². The Balaban J connectivity index is 1.82. The average molecular weight is 308 g/mol. The average Bonchev–Trinajstić information content (AvgIpc) is 3.12. The molecule has 3 heterocycles. The molecule has 3 aromatic rings. The van der Waals surface area contributed by atoms with Crippen molar-refractivity contribution in [2.45, 2.75) is 25.3 Å². The van der Waals surface area contributed by atoms with Gasteiger partial charge in [0.1, 0.15) is 17.1 Å². The summed E-state index contributed by atoms with van der Waals surface area (Å²) in [7, 11) is 2.18. The van der Waals surface area contributed by atoms with Gasteiger partial charge in [0.05, 0.1) is 0 Å². The van der Waals surface area contributed by atoms with E-state index in [1.807, 2.05) is 24.3 Å². The zero-order valence-corrected chi connectivity index (χ0v) is 13.2. The maximum Gasteiger partial charge on any atom is 0.164 e. The standard InChI is InChI=1S/C18H20N4O/c1-21-11-3-4-14(21)12-17-20-16-5-2-10-19-18(16)22(17)13-6-8-15(23)9-7-13/h2,5-10,14,23H,3-4,11-12H2,1H3. The number of aromatic nitrogens is 3. The molecule has 1 aliphatic rings. The van der Waals surface area contributed by atoms with Gasteiger partial charge in [0.15, 0.2) is 5.65 Å². The van der Waals surface area contributed by atoms with Crippen LogP contribution in [-0.4, -0.2) is 44.2 Å². The molecular weight excluding hydrogens is 288 g/mol. The van der Waals surface area contributed by atoms with E-state index in [9.17, 15) is 5.11 Å². The Labute approximate surface area is 135 Å². The predicted molar refractivity (Wildman–Crippen MR) is 89.9 cm³/mol. The highest BCUT2D eigenvalue weighted by molar-refractivity contribution is 5.73. The second-order valence-electron chi connectivity index (χ2n) is 6.21. The molecule has 0 aliphatic carbocycles. The predicted octanol–water partition coefficient (Wildman–Crippen LogP) is 2.76. The lowest BCUT2D eigenvalue weighted by Gasteiger charge is -2.19. The van der Waals surface area contributed by atoms with Crippen molar-refractivity contribution in [3.05, 3.63) is 48.4 Å². The lowest BCUT2D eigenvalue weighted by molar-refractivity contribution is 0.305. The highest BCUT2D eigenvalue weighted by atomic mass is 16.3. The lowest BCUT2D eigenvalue weighted by atomic mass is 10.1. The molecule has 5 nitrogen and oxygen atoms in total. The first-order valence-corrected chi connectivity index (χ1v) is 8.04. The molecule has 0 amide bonds. The number of aromatic hydroxyl groups is 1. The number of phenols is 1. The fraction of sp³-hybridized carbons (Fsp3) is 0.333. The zero-order chi connectivity index (χ0) is 15.8. The molecule has 1 N–H and O–H groups in total. The summed E-state index contributed by atoms with van der Waals surface area (Å²) in [4.78, 5) is 11.7. The largest absolute Gasteiger partial charge is 0.508 e. The minimum absolute atomic E-state index is 0.267. The van der Waals surface area contributed by atoms with Gasteiger partial charge in [-0.3, -0.25) is 4.57 Å². The Morgan fingerprint density at radius 1 is 1.22 bits per heavy atom. The molecule has 0 bridgehead atoms. The number of hydrogen-bond acceptors (Lipinski definition) is 4. The molecular formula is C18H20N4O. The Morgan fingerprint density at radius 3 is 2.78 bits per heavy atom. The van der Waals surface area contributed by atoms with E-state index < -0.39 is 0 Å².